The van der Waals surface area contributed by atoms with Gasteiger partial charge in [0.2, 0.25) is 0 Å². The summed E-state index contributed by atoms with van der Waals surface area (Å²) < 4.78 is 22.5. The molecule has 0 spiro atoms. The first-order valence-electron chi connectivity index (χ1n) is 9.09. The third-order valence-corrected chi connectivity index (χ3v) is 3.60. The number of rotatable bonds is 11. The topological polar surface area (TPSA) is 36.9 Å². The molecule has 4 heteroatoms. The van der Waals surface area contributed by atoms with Crippen molar-refractivity contribution >= 4 is 6.08 Å². The lowest BCUT2D eigenvalue weighted by atomic mass is 10.1. The summed E-state index contributed by atoms with van der Waals surface area (Å²) >= 11 is 0. The first-order valence-corrected chi connectivity index (χ1v) is 9.09. The van der Waals surface area contributed by atoms with E-state index in [2.05, 4.69) is 13.8 Å². The third kappa shape index (κ3) is 6.36. The van der Waals surface area contributed by atoms with Gasteiger partial charge in [-0.15, -0.1) is 0 Å². The van der Waals surface area contributed by atoms with Gasteiger partial charge in [0, 0.05) is 11.6 Å². The van der Waals surface area contributed by atoms with Crippen LogP contribution in [0.5, 0.6) is 23.0 Å². The Morgan fingerprint density at radius 2 is 1.54 bits per heavy atom. The Hall–Kier alpha value is -2.62. The predicted octanol–water partition coefficient (Wildman–Crippen LogP) is 5.37. The fourth-order valence-electron chi connectivity index (χ4n) is 2.32. The molecule has 4 nitrogen and oxygen atoms in total. The Balaban J connectivity index is 1.97. The molecule has 0 amide bonds. The Bertz CT molecular complexity index is 694. The van der Waals surface area contributed by atoms with E-state index in [1.54, 1.807) is 7.11 Å². The van der Waals surface area contributed by atoms with E-state index in [0.29, 0.717) is 19.8 Å². The van der Waals surface area contributed by atoms with Gasteiger partial charge in [-0.3, -0.25) is 0 Å². The maximum Gasteiger partial charge on any atom is 0.126 e. The monoisotopic (exact) mass is 356 g/mol. The van der Waals surface area contributed by atoms with E-state index in [-0.39, 0.29) is 0 Å². The molecule has 0 saturated heterocycles. The Morgan fingerprint density at radius 3 is 2.27 bits per heavy atom. The molecule has 0 aliphatic rings. The lowest BCUT2D eigenvalue weighted by Gasteiger charge is -2.10. The summed E-state index contributed by atoms with van der Waals surface area (Å²) in [5, 5.41) is 0. The van der Waals surface area contributed by atoms with Gasteiger partial charge in [-0.2, -0.15) is 0 Å². The average molecular weight is 356 g/mol. The summed E-state index contributed by atoms with van der Waals surface area (Å²) in [6, 6.07) is 13.5. The number of benzene rings is 2. The van der Waals surface area contributed by atoms with E-state index in [9.17, 15) is 0 Å². The summed E-state index contributed by atoms with van der Waals surface area (Å²) in [5.74, 6) is 3.27. The Kier molecular flexibility index (Phi) is 8.40. The molecule has 0 atom stereocenters. The standard InChI is InChI=1S/C22H28O4/c1-4-13-24-20-9-6-10-21(17-20)25-15-7-8-18-16-19(23-3)11-12-22(18)26-14-5-2/h6-12,16-17H,4-5,13-15H2,1-3H3/b8-7+. The van der Waals surface area contributed by atoms with Gasteiger partial charge in [-0.25, -0.2) is 0 Å². The second-order valence-electron chi connectivity index (χ2n) is 5.79. The molecule has 0 radical (unpaired) electrons. The van der Waals surface area contributed by atoms with Crippen molar-refractivity contribution in [2.45, 2.75) is 26.7 Å². The third-order valence-electron chi connectivity index (χ3n) is 3.60. The molecule has 26 heavy (non-hydrogen) atoms. The summed E-state index contributed by atoms with van der Waals surface area (Å²) in [7, 11) is 1.66. The second-order valence-corrected chi connectivity index (χ2v) is 5.79. The van der Waals surface area contributed by atoms with Crippen LogP contribution in [0.1, 0.15) is 32.3 Å². The number of ether oxygens (including phenoxy) is 4. The van der Waals surface area contributed by atoms with Crippen molar-refractivity contribution in [3.63, 3.8) is 0 Å². The van der Waals surface area contributed by atoms with Crippen LogP contribution in [0.4, 0.5) is 0 Å². The van der Waals surface area contributed by atoms with Gasteiger partial charge in [0.05, 0.1) is 20.3 Å². The quantitative estimate of drug-likeness (QED) is 0.543. The molecule has 0 heterocycles. The van der Waals surface area contributed by atoms with Crippen molar-refractivity contribution in [3.05, 3.63) is 54.1 Å². The van der Waals surface area contributed by atoms with E-state index in [0.717, 1.165) is 41.4 Å². The van der Waals surface area contributed by atoms with Gasteiger partial charge >= 0.3 is 0 Å². The van der Waals surface area contributed by atoms with Crippen LogP contribution in [0.2, 0.25) is 0 Å². The van der Waals surface area contributed by atoms with E-state index >= 15 is 0 Å². The highest BCUT2D eigenvalue weighted by atomic mass is 16.5. The first-order chi connectivity index (χ1) is 12.8. The fraction of sp³-hybridized carbons (Fsp3) is 0.364. The SMILES string of the molecule is CCCOc1cccc(OC/C=C/c2cc(OC)ccc2OCCC)c1. The van der Waals surface area contributed by atoms with E-state index in [1.807, 2.05) is 54.6 Å². The molecule has 2 aromatic carbocycles. The van der Waals surface area contributed by atoms with Crippen molar-refractivity contribution in [1.82, 2.24) is 0 Å². The molecule has 0 aliphatic carbocycles. The van der Waals surface area contributed by atoms with Crippen LogP contribution in [-0.2, 0) is 0 Å². The van der Waals surface area contributed by atoms with Crippen molar-refractivity contribution < 1.29 is 18.9 Å². The second kappa shape index (κ2) is 11.1. The van der Waals surface area contributed by atoms with Crippen LogP contribution < -0.4 is 18.9 Å². The zero-order chi connectivity index (χ0) is 18.6. The summed E-state index contributed by atoms with van der Waals surface area (Å²) in [5.41, 5.74) is 0.974. The molecule has 140 valence electrons. The van der Waals surface area contributed by atoms with Crippen LogP contribution in [0, 0.1) is 0 Å². The normalized spacial score (nSPS) is 10.7. The highest BCUT2D eigenvalue weighted by molar-refractivity contribution is 5.59. The largest absolute Gasteiger partial charge is 0.497 e. The minimum absolute atomic E-state index is 0.460. The Morgan fingerprint density at radius 1 is 0.808 bits per heavy atom. The molecule has 2 aromatic rings. The molecule has 0 aromatic heterocycles. The summed E-state index contributed by atoms with van der Waals surface area (Å²) in [6.07, 6.45) is 5.91. The zero-order valence-corrected chi connectivity index (χ0v) is 15.9. The highest BCUT2D eigenvalue weighted by Crippen LogP contribution is 2.26. The van der Waals surface area contributed by atoms with Gasteiger partial charge < -0.3 is 18.9 Å². The van der Waals surface area contributed by atoms with Crippen molar-refractivity contribution in [2.24, 2.45) is 0 Å². The summed E-state index contributed by atoms with van der Waals surface area (Å²) in [4.78, 5) is 0. The van der Waals surface area contributed by atoms with Gasteiger partial charge in [0.15, 0.2) is 0 Å². The molecule has 2 rings (SSSR count). The number of hydrogen-bond donors (Lipinski definition) is 0. The zero-order valence-electron chi connectivity index (χ0n) is 15.9. The molecule has 0 unspecified atom stereocenters. The van der Waals surface area contributed by atoms with Crippen LogP contribution >= 0.6 is 0 Å². The van der Waals surface area contributed by atoms with E-state index in [1.165, 1.54) is 0 Å². The van der Waals surface area contributed by atoms with Gasteiger partial charge in [-0.1, -0.05) is 26.0 Å². The molecule has 0 saturated carbocycles. The molecule has 0 aliphatic heterocycles. The van der Waals surface area contributed by atoms with Crippen molar-refractivity contribution in [2.75, 3.05) is 26.9 Å². The molecular weight excluding hydrogens is 328 g/mol. The van der Waals surface area contributed by atoms with Crippen LogP contribution in [0.3, 0.4) is 0 Å². The lowest BCUT2D eigenvalue weighted by molar-refractivity contribution is 0.312. The van der Waals surface area contributed by atoms with Crippen LogP contribution in [0.25, 0.3) is 6.08 Å². The minimum Gasteiger partial charge on any atom is -0.497 e. The van der Waals surface area contributed by atoms with E-state index in [4.69, 9.17) is 18.9 Å². The highest BCUT2D eigenvalue weighted by Gasteiger charge is 2.03. The maximum absolute atomic E-state index is 5.79. The van der Waals surface area contributed by atoms with Crippen molar-refractivity contribution in [3.8, 4) is 23.0 Å². The lowest BCUT2D eigenvalue weighted by Crippen LogP contribution is -1.98. The molecule has 0 bridgehead atoms. The number of methoxy groups -OCH3 is 1. The Labute approximate surface area is 156 Å². The summed E-state index contributed by atoms with van der Waals surface area (Å²) in [6.45, 7) is 6.03. The fourth-order valence-corrected chi connectivity index (χ4v) is 2.32. The first kappa shape index (κ1) is 19.7. The predicted molar refractivity (Wildman–Crippen MR) is 106 cm³/mol. The molecule has 0 N–H and O–H groups in total. The molecule has 0 fully saturated rings. The van der Waals surface area contributed by atoms with Gasteiger partial charge in [0.1, 0.15) is 29.6 Å². The average Bonchev–Trinajstić information content (AvgIpc) is 2.68. The molecular formula is C22H28O4. The minimum atomic E-state index is 0.460. The van der Waals surface area contributed by atoms with Gasteiger partial charge in [0.25, 0.3) is 0 Å². The van der Waals surface area contributed by atoms with Crippen molar-refractivity contribution in [1.29, 1.82) is 0 Å². The van der Waals surface area contributed by atoms with Crippen LogP contribution in [-0.4, -0.2) is 26.9 Å². The smallest absolute Gasteiger partial charge is 0.126 e. The van der Waals surface area contributed by atoms with E-state index < -0.39 is 0 Å². The van der Waals surface area contributed by atoms with Crippen LogP contribution in [0.15, 0.2) is 48.5 Å². The maximum atomic E-state index is 5.79. The van der Waals surface area contributed by atoms with Gasteiger partial charge in [-0.05, 0) is 49.2 Å². The number of hydrogen-bond acceptors (Lipinski definition) is 4.